The molecule has 186 valence electrons. The summed E-state index contributed by atoms with van der Waals surface area (Å²) in [5.74, 6) is 1.79. The normalized spacial score (nSPS) is 49.4. The highest BCUT2D eigenvalue weighted by Crippen LogP contribution is 2.71. The maximum atomic E-state index is 10.8. The Morgan fingerprint density at radius 2 is 1.67 bits per heavy atom. The van der Waals surface area contributed by atoms with Crippen molar-refractivity contribution < 1.29 is 14.9 Å². The van der Waals surface area contributed by atoms with Gasteiger partial charge in [-0.3, -0.25) is 0 Å². The van der Waals surface area contributed by atoms with E-state index in [1.807, 2.05) is 13.8 Å². The van der Waals surface area contributed by atoms with Crippen molar-refractivity contribution >= 4 is 0 Å². The molecule has 8 atom stereocenters. The van der Waals surface area contributed by atoms with Crippen LogP contribution >= 0.6 is 0 Å². The second-order valence-electron chi connectivity index (χ2n) is 14.2. The molecular weight excluding hydrogens is 408 g/mol. The third-order valence-corrected chi connectivity index (χ3v) is 12.0. The van der Waals surface area contributed by atoms with E-state index in [1.54, 1.807) is 11.1 Å². The van der Waals surface area contributed by atoms with E-state index in [9.17, 15) is 10.2 Å². The van der Waals surface area contributed by atoms with Crippen LogP contribution < -0.4 is 0 Å². The SMILES string of the molecule is CC(C)(O)[C@H]1CC[C@H]([C@H]2CC[C@@]3(C)C4=CC[C@H]5C(C)(C)[C@@H](O)CC[C@]5(C)C4=CCC23C)CO1. The molecular formula is C30H48O3. The molecule has 4 aliphatic carbocycles. The van der Waals surface area contributed by atoms with Gasteiger partial charge in [-0.25, -0.2) is 0 Å². The molecule has 3 nitrogen and oxygen atoms in total. The van der Waals surface area contributed by atoms with E-state index < -0.39 is 5.60 Å². The zero-order valence-electron chi connectivity index (χ0n) is 22.2. The van der Waals surface area contributed by atoms with Crippen molar-refractivity contribution in [3.8, 4) is 0 Å². The van der Waals surface area contributed by atoms with E-state index in [0.29, 0.717) is 17.8 Å². The number of hydrogen-bond donors (Lipinski definition) is 2. The molecule has 1 unspecified atom stereocenters. The summed E-state index contributed by atoms with van der Waals surface area (Å²) in [6.45, 7) is 16.8. The van der Waals surface area contributed by atoms with Crippen LogP contribution in [0.25, 0.3) is 0 Å². The summed E-state index contributed by atoms with van der Waals surface area (Å²) < 4.78 is 6.25. The monoisotopic (exact) mass is 456 g/mol. The minimum absolute atomic E-state index is 0.0323. The predicted octanol–water partition coefficient (Wildman–Crippen LogP) is 6.44. The van der Waals surface area contributed by atoms with Gasteiger partial charge < -0.3 is 14.9 Å². The van der Waals surface area contributed by atoms with Crippen molar-refractivity contribution in [2.45, 2.75) is 118 Å². The van der Waals surface area contributed by atoms with Crippen LogP contribution in [-0.4, -0.2) is 34.6 Å². The van der Waals surface area contributed by atoms with E-state index in [-0.39, 0.29) is 33.9 Å². The Balaban J connectivity index is 1.44. The van der Waals surface area contributed by atoms with Gasteiger partial charge in [0.15, 0.2) is 0 Å². The Morgan fingerprint density at radius 3 is 2.30 bits per heavy atom. The Hall–Kier alpha value is -0.640. The second kappa shape index (κ2) is 7.43. The highest BCUT2D eigenvalue weighted by Gasteiger charge is 2.63. The molecule has 3 fully saturated rings. The molecule has 0 radical (unpaired) electrons. The van der Waals surface area contributed by atoms with E-state index in [4.69, 9.17) is 4.74 Å². The molecule has 0 amide bonds. The molecule has 0 aromatic rings. The van der Waals surface area contributed by atoms with Gasteiger partial charge in [-0.2, -0.15) is 0 Å². The third-order valence-electron chi connectivity index (χ3n) is 12.0. The maximum absolute atomic E-state index is 10.8. The summed E-state index contributed by atoms with van der Waals surface area (Å²) in [5.41, 5.74) is 3.17. The first-order chi connectivity index (χ1) is 15.2. The highest BCUT2D eigenvalue weighted by molar-refractivity contribution is 5.49. The average Bonchev–Trinajstić information content (AvgIpc) is 3.02. The van der Waals surface area contributed by atoms with Crippen molar-refractivity contribution in [1.82, 2.24) is 0 Å². The van der Waals surface area contributed by atoms with E-state index in [1.165, 1.54) is 19.3 Å². The Morgan fingerprint density at radius 1 is 0.939 bits per heavy atom. The van der Waals surface area contributed by atoms with Crippen molar-refractivity contribution in [1.29, 1.82) is 0 Å². The average molecular weight is 457 g/mol. The van der Waals surface area contributed by atoms with Gasteiger partial charge in [0.05, 0.1) is 24.4 Å². The predicted molar refractivity (Wildman–Crippen MR) is 134 cm³/mol. The van der Waals surface area contributed by atoms with Crippen LogP contribution in [0.1, 0.15) is 99.8 Å². The van der Waals surface area contributed by atoms with Crippen LogP contribution in [0.5, 0.6) is 0 Å². The lowest BCUT2D eigenvalue weighted by Crippen LogP contribution is -2.54. The number of aliphatic hydroxyl groups excluding tert-OH is 1. The Labute approximate surface area is 202 Å². The number of fused-ring (bicyclic) bond motifs is 5. The topological polar surface area (TPSA) is 49.7 Å². The molecule has 2 N–H and O–H groups in total. The fraction of sp³-hybridized carbons (Fsp3) is 0.867. The quantitative estimate of drug-likeness (QED) is 0.503. The van der Waals surface area contributed by atoms with E-state index in [0.717, 1.165) is 38.7 Å². The minimum Gasteiger partial charge on any atom is -0.393 e. The van der Waals surface area contributed by atoms with Crippen LogP contribution in [0.15, 0.2) is 23.3 Å². The lowest BCUT2D eigenvalue weighted by molar-refractivity contribution is -0.136. The number of ether oxygens (including phenoxy) is 1. The van der Waals surface area contributed by atoms with Crippen molar-refractivity contribution in [3.05, 3.63) is 23.3 Å². The first-order valence-corrected chi connectivity index (χ1v) is 13.7. The smallest absolute Gasteiger partial charge is 0.0856 e. The largest absolute Gasteiger partial charge is 0.393 e. The van der Waals surface area contributed by atoms with E-state index in [2.05, 4.69) is 46.8 Å². The molecule has 33 heavy (non-hydrogen) atoms. The lowest BCUT2D eigenvalue weighted by atomic mass is 9.44. The van der Waals surface area contributed by atoms with Crippen LogP contribution in [0.4, 0.5) is 0 Å². The fourth-order valence-electron chi connectivity index (χ4n) is 9.43. The fourth-order valence-corrected chi connectivity index (χ4v) is 9.43. The van der Waals surface area contributed by atoms with Crippen LogP contribution in [0.3, 0.4) is 0 Å². The van der Waals surface area contributed by atoms with Gasteiger partial charge in [-0.15, -0.1) is 0 Å². The van der Waals surface area contributed by atoms with Crippen molar-refractivity contribution in [2.75, 3.05) is 6.61 Å². The molecule has 5 rings (SSSR count). The Kier molecular flexibility index (Phi) is 5.42. The van der Waals surface area contributed by atoms with E-state index >= 15 is 0 Å². The maximum Gasteiger partial charge on any atom is 0.0856 e. The number of aliphatic hydroxyl groups is 2. The van der Waals surface area contributed by atoms with Crippen LogP contribution in [-0.2, 0) is 4.74 Å². The van der Waals surface area contributed by atoms with Crippen molar-refractivity contribution in [2.24, 2.45) is 39.4 Å². The van der Waals surface area contributed by atoms with Crippen LogP contribution in [0, 0.1) is 39.4 Å². The van der Waals surface area contributed by atoms with Crippen LogP contribution in [0.2, 0.25) is 0 Å². The lowest BCUT2D eigenvalue weighted by Gasteiger charge is -2.61. The van der Waals surface area contributed by atoms with Gasteiger partial charge >= 0.3 is 0 Å². The highest BCUT2D eigenvalue weighted by atomic mass is 16.5. The Bertz CT molecular complexity index is 854. The molecule has 1 saturated heterocycles. The molecule has 0 aromatic heterocycles. The van der Waals surface area contributed by atoms with Gasteiger partial charge in [0, 0.05) is 0 Å². The summed E-state index contributed by atoms with van der Waals surface area (Å²) >= 11 is 0. The van der Waals surface area contributed by atoms with Gasteiger partial charge in [-0.1, -0.05) is 46.8 Å². The number of allylic oxidation sites excluding steroid dienone is 4. The summed E-state index contributed by atoms with van der Waals surface area (Å²) in [6.07, 6.45) is 14.0. The molecule has 3 heteroatoms. The zero-order chi connectivity index (χ0) is 24.0. The third kappa shape index (κ3) is 3.24. The first-order valence-electron chi connectivity index (χ1n) is 13.7. The summed E-state index contributed by atoms with van der Waals surface area (Å²) in [4.78, 5) is 0. The van der Waals surface area contributed by atoms with Gasteiger partial charge in [-0.05, 0) is 116 Å². The summed E-state index contributed by atoms with van der Waals surface area (Å²) in [6, 6.07) is 0. The molecule has 0 aromatic carbocycles. The molecule has 2 saturated carbocycles. The minimum atomic E-state index is -0.748. The number of hydrogen-bond acceptors (Lipinski definition) is 3. The molecule has 1 heterocycles. The molecule has 0 bridgehead atoms. The van der Waals surface area contributed by atoms with Gasteiger partial charge in [0.25, 0.3) is 0 Å². The van der Waals surface area contributed by atoms with Gasteiger partial charge in [0.1, 0.15) is 0 Å². The second-order valence-corrected chi connectivity index (χ2v) is 14.2. The van der Waals surface area contributed by atoms with Crippen molar-refractivity contribution in [3.63, 3.8) is 0 Å². The first kappa shape index (κ1) is 24.1. The zero-order valence-corrected chi connectivity index (χ0v) is 22.2. The molecule has 5 aliphatic rings. The summed E-state index contributed by atoms with van der Waals surface area (Å²) in [5, 5.41) is 21.2. The number of rotatable bonds is 2. The summed E-state index contributed by atoms with van der Waals surface area (Å²) in [7, 11) is 0. The van der Waals surface area contributed by atoms with Gasteiger partial charge in [0.2, 0.25) is 0 Å². The standard InChI is InChI=1S/C30H48O3/c1-26(2)23-10-9-22-21(28(23,5)15-14-24(26)31)13-17-29(6)20(12-16-30(22,29)7)19-8-11-25(33-18-19)27(3,4)32/h9,13,19-20,23-25,31-32H,8,10-12,14-18H2,1-7H3/t19-,20+,23-,24-,25+,28+,29?,30-/m0/s1. The molecule has 1 aliphatic heterocycles. The molecule has 0 spiro atoms.